The van der Waals surface area contributed by atoms with Crippen LogP contribution in [-0.2, 0) is 4.79 Å². The first kappa shape index (κ1) is 15.0. The second-order valence-electron chi connectivity index (χ2n) is 7.05. The summed E-state index contributed by atoms with van der Waals surface area (Å²) in [5.74, 6) is 0.424. The lowest BCUT2D eigenvalue weighted by atomic mass is 9.71. The minimum absolute atomic E-state index is 0.209. The molecule has 0 spiro atoms. The Kier molecular flexibility index (Phi) is 4.67. The average Bonchev–Trinajstić information content (AvgIpc) is 2.39. The second kappa shape index (κ2) is 5.92. The van der Waals surface area contributed by atoms with Crippen LogP contribution >= 0.6 is 0 Å². The summed E-state index contributed by atoms with van der Waals surface area (Å²) < 4.78 is 0. The van der Waals surface area contributed by atoms with Gasteiger partial charge in [-0.3, -0.25) is 0 Å². The molecule has 0 amide bonds. The quantitative estimate of drug-likeness (QED) is 0.778. The Morgan fingerprint density at radius 2 is 2.21 bits per heavy atom. The summed E-state index contributed by atoms with van der Waals surface area (Å²) in [7, 11) is 0. The van der Waals surface area contributed by atoms with Crippen molar-refractivity contribution in [3.63, 3.8) is 0 Å². The lowest BCUT2D eigenvalue weighted by Gasteiger charge is -2.48. The predicted molar refractivity (Wildman–Crippen MR) is 77.0 cm³/mol. The van der Waals surface area contributed by atoms with E-state index in [0.29, 0.717) is 5.92 Å². The van der Waals surface area contributed by atoms with Crippen molar-refractivity contribution in [1.82, 2.24) is 4.90 Å². The van der Waals surface area contributed by atoms with Crippen LogP contribution in [0.2, 0.25) is 0 Å². The number of likely N-dealkylation sites (tertiary alicyclic amines) is 1. The number of fused-ring (bicyclic) bond motifs is 1. The van der Waals surface area contributed by atoms with Gasteiger partial charge in [0, 0.05) is 31.0 Å². The van der Waals surface area contributed by atoms with E-state index in [1.165, 1.54) is 12.8 Å². The highest BCUT2D eigenvalue weighted by molar-refractivity contribution is 5.59. The summed E-state index contributed by atoms with van der Waals surface area (Å²) in [5, 5.41) is 10.7. The van der Waals surface area contributed by atoms with E-state index >= 15 is 0 Å². The molecule has 110 valence electrons. The van der Waals surface area contributed by atoms with E-state index in [0.717, 1.165) is 58.0 Å². The molecule has 1 heterocycles. The first-order chi connectivity index (χ1) is 9.01. The van der Waals surface area contributed by atoms with Crippen LogP contribution in [-0.4, -0.2) is 41.5 Å². The van der Waals surface area contributed by atoms with Crippen LogP contribution < -0.4 is 0 Å². The fraction of sp³-hybridized carbons (Fsp3) is 0.938. The number of rotatable bonds is 5. The molecule has 2 aliphatic rings. The molecule has 3 unspecified atom stereocenters. The van der Waals surface area contributed by atoms with Crippen LogP contribution in [0.5, 0.6) is 0 Å². The van der Waals surface area contributed by atoms with Crippen molar-refractivity contribution in [3.8, 4) is 0 Å². The van der Waals surface area contributed by atoms with Crippen molar-refractivity contribution >= 4 is 6.29 Å². The Morgan fingerprint density at radius 3 is 2.89 bits per heavy atom. The van der Waals surface area contributed by atoms with Gasteiger partial charge in [-0.1, -0.05) is 33.1 Å². The van der Waals surface area contributed by atoms with Crippen molar-refractivity contribution in [3.05, 3.63) is 0 Å². The molecule has 3 heteroatoms. The van der Waals surface area contributed by atoms with Crippen LogP contribution in [0.25, 0.3) is 0 Å². The third-order valence-corrected chi connectivity index (χ3v) is 5.20. The standard InChI is InChI=1S/C16H29NO2/c1-3-7-15(2,13-18)12-17-10-9-16(19)8-5-4-6-14(16)11-17/h13-14,19H,3-12H2,1-2H3. The molecular weight excluding hydrogens is 238 g/mol. The summed E-state index contributed by atoms with van der Waals surface area (Å²) in [5.41, 5.74) is -0.615. The molecule has 1 aliphatic carbocycles. The molecule has 2 rings (SSSR count). The zero-order valence-corrected chi connectivity index (χ0v) is 12.5. The molecule has 2 fully saturated rings. The van der Waals surface area contributed by atoms with Crippen molar-refractivity contribution in [2.45, 2.75) is 64.4 Å². The van der Waals surface area contributed by atoms with Gasteiger partial charge in [0.2, 0.25) is 0 Å². The van der Waals surface area contributed by atoms with Gasteiger partial charge < -0.3 is 14.8 Å². The summed E-state index contributed by atoms with van der Waals surface area (Å²) in [6.07, 6.45) is 8.59. The largest absolute Gasteiger partial charge is 0.390 e. The van der Waals surface area contributed by atoms with Gasteiger partial charge in [0.15, 0.2) is 0 Å². The molecule has 1 aliphatic heterocycles. The molecule has 3 nitrogen and oxygen atoms in total. The van der Waals surface area contributed by atoms with Crippen LogP contribution in [0.3, 0.4) is 0 Å². The summed E-state index contributed by atoms with van der Waals surface area (Å²) >= 11 is 0. The first-order valence-electron chi connectivity index (χ1n) is 7.92. The number of nitrogens with zero attached hydrogens (tertiary/aromatic N) is 1. The average molecular weight is 267 g/mol. The Balaban J connectivity index is 1.95. The fourth-order valence-corrected chi connectivity index (χ4v) is 4.04. The molecule has 1 saturated carbocycles. The number of carbonyl (C=O) groups is 1. The smallest absolute Gasteiger partial charge is 0.127 e. The second-order valence-corrected chi connectivity index (χ2v) is 7.05. The number of aldehydes is 1. The van der Waals surface area contributed by atoms with E-state index in [4.69, 9.17) is 0 Å². The van der Waals surface area contributed by atoms with Gasteiger partial charge in [0.05, 0.1) is 5.60 Å². The maximum atomic E-state index is 11.4. The van der Waals surface area contributed by atoms with E-state index < -0.39 is 5.60 Å². The molecular formula is C16H29NO2. The Hall–Kier alpha value is -0.410. The highest BCUT2D eigenvalue weighted by Gasteiger charge is 2.43. The third-order valence-electron chi connectivity index (χ3n) is 5.20. The van der Waals surface area contributed by atoms with Gasteiger partial charge in [0.25, 0.3) is 0 Å². The molecule has 0 aromatic rings. The fourth-order valence-electron chi connectivity index (χ4n) is 4.04. The van der Waals surface area contributed by atoms with Crippen LogP contribution in [0.15, 0.2) is 0 Å². The van der Waals surface area contributed by atoms with E-state index in [2.05, 4.69) is 18.7 Å². The summed E-state index contributed by atoms with van der Waals surface area (Å²) in [6, 6.07) is 0. The molecule has 3 atom stereocenters. The SMILES string of the molecule is CCCC(C)(C=O)CN1CCC2(O)CCCCC2C1. The molecule has 0 radical (unpaired) electrons. The lowest BCUT2D eigenvalue weighted by Crippen LogP contribution is -2.55. The Labute approximate surface area is 117 Å². The summed E-state index contributed by atoms with van der Waals surface area (Å²) in [4.78, 5) is 13.8. The minimum atomic E-state index is -0.406. The monoisotopic (exact) mass is 267 g/mol. The van der Waals surface area contributed by atoms with Crippen molar-refractivity contribution < 1.29 is 9.90 Å². The molecule has 0 aromatic heterocycles. The van der Waals surface area contributed by atoms with Crippen LogP contribution in [0.4, 0.5) is 0 Å². The number of hydrogen-bond donors (Lipinski definition) is 1. The van der Waals surface area contributed by atoms with Gasteiger partial charge in [-0.05, 0) is 25.7 Å². The summed E-state index contributed by atoms with van der Waals surface area (Å²) in [6.45, 7) is 6.99. The topological polar surface area (TPSA) is 40.5 Å². The molecule has 1 saturated heterocycles. The number of hydrogen-bond acceptors (Lipinski definition) is 3. The zero-order chi connectivity index (χ0) is 13.9. The third kappa shape index (κ3) is 3.38. The van der Waals surface area contributed by atoms with E-state index in [9.17, 15) is 9.90 Å². The Bertz CT molecular complexity index is 320. The molecule has 0 bridgehead atoms. The van der Waals surface area contributed by atoms with Gasteiger partial charge in [-0.15, -0.1) is 0 Å². The lowest BCUT2D eigenvalue weighted by molar-refractivity contribution is -0.121. The van der Waals surface area contributed by atoms with Crippen LogP contribution in [0, 0.1) is 11.3 Å². The highest BCUT2D eigenvalue weighted by Crippen LogP contribution is 2.40. The van der Waals surface area contributed by atoms with E-state index in [1.54, 1.807) is 0 Å². The van der Waals surface area contributed by atoms with E-state index in [1.807, 2.05) is 0 Å². The van der Waals surface area contributed by atoms with E-state index in [-0.39, 0.29) is 5.41 Å². The van der Waals surface area contributed by atoms with Gasteiger partial charge in [0.1, 0.15) is 6.29 Å². The maximum Gasteiger partial charge on any atom is 0.127 e. The van der Waals surface area contributed by atoms with Gasteiger partial charge in [-0.2, -0.15) is 0 Å². The van der Waals surface area contributed by atoms with Gasteiger partial charge >= 0.3 is 0 Å². The minimum Gasteiger partial charge on any atom is -0.390 e. The maximum absolute atomic E-state index is 11.4. The first-order valence-corrected chi connectivity index (χ1v) is 7.92. The van der Waals surface area contributed by atoms with Crippen molar-refractivity contribution in [2.75, 3.05) is 19.6 Å². The number of carbonyl (C=O) groups excluding carboxylic acids is 1. The van der Waals surface area contributed by atoms with Crippen molar-refractivity contribution in [1.29, 1.82) is 0 Å². The zero-order valence-electron chi connectivity index (χ0n) is 12.5. The molecule has 0 aromatic carbocycles. The highest BCUT2D eigenvalue weighted by atomic mass is 16.3. The molecule has 1 N–H and O–H groups in total. The number of aliphatic hydroxyl groups is 1. The Morgan fingerprint density at radius 1 is 1.42 bits per heavy atom. The molecule has 19 heavy (non-hydrogen) atoms. The van der Waals surface area contributed by atoms with Gasteiger partial charge in [-0.25, -0.2) is 0 Å². The van der Waals surface area contributed by atoms with Crippen LogP contribution in [0.1, 0.15) is 58.8 Å². The normalized spacial score (nSPS) is 35.4. The number of piperidine rings is 1. The van der Waals surface area contributed by atoms with Crippen molar-refractivity contribution in [2.24, 2.45) is 11.3 Å². The predicted octanol–water partition coefficient (Wildman–Crippen LogP) is 2.62.